The summed E-state index contributed by atoms with van der Waals surface area (Å²) in [7, 11) is 0. The molecule has 1 atom stereocenters. The minimum Gasteiger partial charge on any atom is -0.388 e. The van der Waals surface area contributed by atoms with E-state index in [1.54, 1.807) is 0 Å². The molecular weight excluding hydrogens is 136 g/mol. The van der Waals surface area contributed by atoms with Gasteiger partial charge >= 0.3 is 0 Å². The van der Waals surface area contributed by atoms with Crippen molar-refractivity contribution in [2.75, 3.05) is 13.2 Å². The lowest BCUT2D eigenvalue weighted by Gasteiger charge is -2.21. The van der Waals surface area contributed by atoms with E-state index in [0.717, 1.165) is 13.2 Å². The minimum absolute atomic E-state index is 0.542. The van der Waals surface area contributed by atoms with E-state index in [0.29, 0.717) is 6.04 Å². The summed E-state index contributed by atoms with van der Waals surface area (Å²) in [5, 5.41) is 3.14. The summed E-state index contributed by atoms with van der Waals surface area (Å²) >= 11 is 1.43. The van der Waals surface area contributed by atoms with Crippen LogP contribution in [0.3, 0.4) is 0 Å². The van der Waals surface area contributed by atoms with Gasteiger partial charge in [-0.05, 0) is 0 Å². The van der Waals surface area contributed by atoms with Crippen molar-refractivity contribution >= 4 is 12.2 Å². The van der Waals surface area contributed by atoms with Crippen molar-refractivity contribution in [3.63, 3.8) is 0 Å². The van der Waals surface area contributed by atoms with Crippen molar-refractivity contribution in [2.24, 2.45) is 0 Å². The fourth-order valence-electron chi connectivity index (χ4n) is 0.930. The van der Waals surface area contributed by atoms with E-state index >= 15 is 0 Å². The Kier molecular flexibility index (Phi) is 1.28. The van der Waals surface area contributed by atoms with Gasteiger partial charge in [0, 0.05) is 18.9 Å². The molecular formula is C5H8N2OS. The summed E-state index contributed by atoms with van der Waals surface area (Å²) in [6.45, 7) is 1.84. The molecule has 1 saturated heterocycles. The normalized spacial score (nSPS) is 32.0. The van der Waals surface area contributed by atoms with Crippen molar-refractivity contribution in [1.29, 1.82) is 0 Å². The second-order valence-electron chi connectivity index (χ2n) is 2.10. The molecule has 0 amide bonds. The second kappa shape index (κ2) is 2.11. The highest BCUT2D eigenvalue weighted by Gasteiger charge is 2.25. The molecule has 0 radical (unpaired) electrons. The molecule has 50 valence electrons. The molecule has 0 aromatic heterocycles. The average Bonchev–Trinajstić information content (AvgIpc) is 2.33. The average molecular weight is 144 g/mol. The maximum absolute atomic E-state index is 5.14. The summed E-state index contributed by atoms with van der Waals surface area (Å²) in [6.07, 6.45) is 3.95. The van der Waals surface area contributed by atoms with Gasteiger partial charge in [0.25, 0.3) is 0 Å². The summed E-state index contributed by atoms with van der Waals surface area (Å²) in [4.78, 5) is 0. The topological polar surface area (TPSA) is 24.5 Å². The predicted molar refractivity (Wildman–Crippen MR) is 36.3 cm³/mol. The van der Waals surface area contributed by atoms with Gasteiger partial charge in [-0.3, -0.25) is 8.49 Å². The van der Waals surface area contributed by atoms with Crippen LogP contribution in [0.25, 0.3) is 0 Å². The third-order valence-corrected chi connectivity index (χ3v) is 2.29. The Morgan fingerprint density at radius 1 is 1.78 bits per heavy atom. The van der Waals surface area contributed by atoms with Crippen LogP contribution in [0.15, 0.2) is 12.4 Å². The van der Waals surface area contributed by atoms with E-state index in [9.17, 15) is 0 Å². The fraction of sp³-hybridized carbons (Fsp3) is 0.600. The first-order valence-corrected chi connectivity index (χ1v) is 3.64. The lowest BCUT2D eigenvalue weighted by molar-refractivity contribution is 0.329. The SMILES string of the molecule is C1=CN2SOC[C@@H]2CN1. The van der Waals surface area contributed by atoms with E-state index in [2.05, 4.69) is 9.62 Å². The fourth-order valence-corrected chi connectivity index (χ4v) is 1.64. The lowest BCUT2D eigenvalue weighted by Crippen LogP contribution is -2.36. The predicted octanol–water partition coefficient (Wildman–Crippen LogP) is 0.325. The van der Waals surface area contributed by atoms with E-state index in [1.165, 1.54) is 12.2 Å². The Morgan fingerprint density at radius 2 is 2.78 bits per heavy atom. The van der Waals surface area contributed by atoms with Gasteiger partial charge in [0.05, 0.1) is 12.6 Å². The van der Waals surface area contributed by atoms with Gasteiger partial charge in [0.2, 0.25) is 0 Å². The molecule has 4 heteroatoms. The molecule has 0 bridgehead atoms. The van der Waals surface area contributed by atoms with Crippen LogP contribution in [-0.2, 0) is 4.18 Å². The van der Waals surface area contributed by atoms with Crippen LogP contribution in [0.1, 0.15) is 0 Å². The molecule has 2 heterocycles. The largest absolute Gasteiger partial charge is 0.388 e. The van der Waals surface area contributed by atoms with Crippen LogP contribution in [0.4, 0.5) is 0 Å². The van der Waals surface area contributed by atoms with E-state index < -0.39 is 0 Å². The first-order valence-electron chi connectivity index (χ1n) is 2.95. The molecule has 0 aromatic carbocycles. The van der Waals surface area contributed by atoms with Gasteiger partial charge in [-0.15, -0.1) is 0 Å². The maximum atomic E-state index is 5.14. The molecule has 2 aliphatic heterocycles. The molecule has 2 aliphatic rings. The van der Waals surface area contributed by atoms with Gasteiger partial charge < -0.3 is 5.32 Å². The molecule has 0 spiro atoms. The zero-order chi connectivity index (χ0) is 6.10. The third-order valence-electron chi connectivity index (χ3n) is 1.45. The molecule has 1 fully saturated rings. The van der Waals surface area contributed by atoms with Gasteiger partial charge in [-0.1, -0.05) is 0 Å². The van der Waals surface area contributed by atoms with Gasteiger partial charge in [-0.2, -0.15) is 0 Å². The quantitative estimate of drug-likeness (QED) is 0.391. The number of hydrogen-bond acceptors (Lipinski definition) is 4. The third kappa shape index (κ3) is 0.881. The Bertz CT molecular complexity index is 139. The summed E-state index contributed by atoms with van der Waals surface area (Å²) in [5.74, 6) is 0. The second-order valence-corrected chi connectivity index (χ2v) is 2.90. The maximum Gasteiger partial charge on any atom is 0.114 e. The Morgan fingerprint density at radius 3 is 3.67 bits per heavy atom. The van der Waals surface area contributed by atoms with Crippen LogP contribution in [0.5, 0.6) is 0 Å². The van der Waals surface area contributed by atoms with Crippen LogP contribution in [-0.4, -0.2) is 23.5 Å². The summed E-state index contributed by atoms with van der Waals surface area (Å²) in [5.41, 5.74) is 0. The monoisotopic (exact) mass is 144 g/mol. The Labute approximate surface area is 58.4 Å². The zero-order valence-corrected chi connectivity index (χ0v) is 5.73. The number of nitrogens with one attached hydrogen (secondary N) is 1. The molecule has 0 aliphatic carbocycles. The number of fused-ring (bicyclic) bond motifs is 1. The molecule has 1 N–H and O–H groups in total. The van der Waals surface area contributed by atoms with Crippen LogP contribution >= 0.6 is 12.2 Å². The highest BCUT2D eigenvalue weighted by molar-refractivity contribution is 7.92. The Balaban J connectivity index is 2.10. The number of hydrogen-bond donors (Lipinski definition) is 1. The molecule has 2 rings (SSSR count). The molecule has 0 unspecified atom stereocenters. The summed E-state index contributed by atoms with van der Waals surface area (Å²) < 4.78 is 7.26. The molecule has 0 saturated carbocycles. The zero-order valence-electron chi connectivity index (χ0n) is 4.91. The van der Waals surface area contributed by atoms with Crippen LogP contribution in [0, 0.1) is 0 Å². The first kappa shape index (κ1) is 5.44. The van der Waals surface area contributed by atoms with E-state index in [4.69, 9.17) is 4.18 Å². The highest BCUT2D eigenvalue weighted by atomic mass is 32.2. The lowest BCUT2D eigenvalue weighted by atomic mass is 10.3. The molecule has 0 aromatic rings. The number of nitrogens with zero attached hydrogens (tertiary/aromatic N) is 1. The Hall–Kier alpha value is -0.350. The smallest absolute Gasteiger partial charge is 0.114 e. The van der Waals surface area contributed by atoms with Crippen molar-refractivity contribution < 1.29 is 4.18 Å². The van der Waals surface area contributed by atoms with Crippen molar-refractivity contribution in [3.8, 4) is 0 Å². The minimum atomic E-state index is 0.542. The van der Waals surface area contributed by atoms with Gasteiger partial charge in [0.15, 0.2) is 0 Å². The highest BCUT2D eigenvalue weighted by Crippen LogP contribution is 2.25. The summed E-state index contributed by atoms with van der Waals surface area (Å²) in [6, 6.07) is 0.542. The van der Waals surface area contributed by atoms with Gasteiger partial charge in [-0.25, -0.2) is 0 Å². The molecule has 3 nitrogen and oxygen atoms in total. The van der Waals surface area contributed by atoms with Crippen LogP contribution < -0.4 is 5.32 Å². The van der Waals surface area contributed by atoms with Gasteiger partial charge in [0.1, 0.15) is 12.2 Å². The van der Waals surface area contributed by atoms with Crippen molar-refractivity contribution in [2.45, 2.75) is 6.04 Å². The van der Waals surface area contributed by atoms with E-state index in [1.807, 2.05) is 12.4 Å². The molecule has 9 heavy (non-hydrogen) atoms. The first-order chi connectivity index (χ1) is 4.47. The standard InChI is InChI=1S/C5H8N2OS/c1-2-7-5(3-6-1)4-8-9-7/h1-2,5-6H,3-4H2/t5-/m0/s1. The van der Waals surface area contributed by atoms with Crippen LogP contribution in [0.2, 0.25) is 0 Å². The van der Waals surface area contributed by atoms with E-state index in [-0.39, 0.29) is 0 Å². The van der Waals surface area contributed by atoms with Crippen molar-refractivity contribution in [1.82, 2.24) is 9.62 Å². The number of rotatable bonds is 0. The van der Waals surface area contributed by atoms with Crippen molar-refractivity contribution in [3.05, 3.63) is 12.4 Å².